The van der Waals surface area contributed by atoms with Gasteiger partial charge in [-0.3, -0.25) is 9.88 Å². The maximum absolute atomic E-state index is 5.99. The van der Waals surface area contributed by atoms with Gasteiger partial charge in [-0.1, -0.05) is 13.0 Å². The van der Waals surface area contributed by atoms with E-state index in [-0.39, 0.29) is 5.54 Å². The van der Waals surface area contributed by atoms with E-state index in [9.17, 15) is 0 Å². The lowest BCUT2D eigenvalue weighted by atomic mass is 9.95. The quantitative estimate of drug-likeness (QED) is 0.781. The Labute approximate surface area is 117 Å². The van der Waals surface area contributed by atoms with E-state index in [0.29, 0.717) is 6.54 Å². The maximum atomic E-state index is 5.99. The Morgan fingerprint density at radius 1 is 1.42 bits per heavy atom. The number of rotatable bonds is 8. The Balaban J connectivity index is 2.80. The predicted octanol–water partition coefficient (Wildman–Crippen LogP) is 1.97. The Kier molecular flexibility index (Phi) is 6.42. The van der Waals surface area contributed by atoms with Crippen molar-refractivity contribution in [2.45, 2.75) is 39.3 Å². The van der Waals surface area contributed by atoms with E-state index < -0.39 is 0 Å². The van der Waals surface area contributed by atoms with Crippen LogP contribution in [-0.4, -0.2) is 42.2 Å². The summed E-state index contributed by atoms with van der Waals surface area (Å²) in [6.45, 7) is 9.51. The van der Waals surface area contributed by atoms with Crippen LogP contribution in [-0.2, 0) is 11.3 Å². The van der Waals surface area contributed by atoms with Crippen LogP contribution in [0.25, 0.3) is 0 Å². The van der Waals surface area contributed by atoms with E-state index in [4.69, 9.17) is 10.5 Å². The summed E-state index contributed by atoms with van der Waals surface area (Å²) in [5.74, 6) is 0. The van der Waals surface area contributed by atoms with Crippen molar-refractivity contribution in [3.05, 3.63) is 29.6 Å². The van der Waals surface area contributed by atoms with Gasteiger partial charge in [-0.2, -0.15) is 0 Å². The Morgan fingerprint density at radius 3 is 2.68 bits per heavy atom. The molecule has 1 rings (SSSR count). The number of nitrogens with zero attached hydrogens (tertiary/aromatic N) is 2. The number of methoxy groups -OCH3 is 1. The van der Waals surface area contributed by atoms with Crippen LogP contribution < -0.4 is 5.73 Å². The molecular formula is C15H27N3O. The molecule has 19 heavy (non-hydrogen) atoms. The highest BCUT2D eigenvalue weighted by Crippen LogP contribution is 2.20. The zero-order valence-electron chi connectivity index (χ0n) is 12.6. The van der Waals surface area contributed by atoms with Crippen LogP contribution in [0.5, 0.6) is 0 Å². The van der Waals surface area contributed by atoms with Gasteiger partial charge in [0.05, 0.1) is 5.69 Å². The molecule has 0 spiro atoms. The molecule has 0 saturated heterocycles. The summed E-state index contributed by atoms with van der Waals surface area (Å²) in [7, 11) is 1.73. The molecule has 1 atom stereocenters. The van der Waals surface area contributed by atoms with Crippen molar-refractivity contribution in [3.8, 4) is 0 Å². The van der Waals surface area contributed by atoms with Gasteiger partial charge in [-0.15, -0.1) is 0 Å². The third kappa shape index (κ3) is 4.56. The average molecular weight is 265 g/mol. The molecule has 1 heterocycles. The molecule has 0 aliphatic heterocycles. The number of likely N-dealkylation sites (N-methyl/N-ethyl adjacent to an activating group) is 1. The number of hydrogen-bond donors (Lipinski definition) is 1. The lowest BCUT2D eigenvalue weighted by Gasteiger charge is -2.40. The fourth-order valence-corrected chi connectivity index (χ4v) is 2.28. The van der Waals surface area contributed by atoms with E-state index in [1.165, 1.54) is 0 Å². The lowest BCUT2D eigenvalue weighted by molar-refractivity contribution is 0.0655. The highest BCUT2D eigenvalue weighted by molar-refractivity contribution is 5.10. The SMILES string of the molecule is CCN(Cc1cccc(C)n1)C(C)(CN)CCOC. The molecule has 1 aromatic rings. The standard InChI is InChI=1S/C15H27N3O/c1-5-18(15(3,12-16)9-10-19-4)11-14-8-6-7-13(2)17-14/h6-8H,5,9-12,16H2,1-4H3. The van der Waals surface area contributed by atoms with Crippen LogP contribution in [0.15, 0.2) is 18.2 Å². The molecule has 4 heteroatoms. The molecular weight excluding hydrogens is 238 g/mol. The normalized spacial score (nSPS) is 14.6. The molecule has 0 aliphatic carbocycles. The Bertz CT molecular complexity index is 383. The minimum atomic E-state index is -0.0455. The second-order valence-corrected chi connectivity index (χ2v) is 5.23. The predicted molar refractivity (Wildman–Crippen MR) is 79.0 cm³/mol. The summed E-state index contributed by atoms with van der Waals surface area (Å²) in [5, 5.41) is 0. The summed E-state index contributed by atoms with van der Waals surface area (Å²) in [6, 6.07) is 6.15. The molecule has 0 radical (unpaired) electrons. The zero-order chi connectivity index (χ0) is 14.3. The molecule has 0 aromatic carbocycles. The molecule has 1 aromatic heterocycles. The summed E-state index contributed by atoms with van der Waals surface area (Å²) in [6.07, 6.45) is 0.930. The number of ether oxygens (including phenoxy) is 1. The van der Waals surface area contributed by atoms with Gasteiger partial charge >= 0.3 is 0 Å². The fourth-order valence-electron chi connectivity index (χ4n) is 2.28. The Hall–Kier alpha value is -0.970. The minimum Gasteiger partial charge on any atom is -0.385 e. The van der Waals surface area contributed by atoms with Crippen molar-refractivity contribution in [2.75, 3.05) is 26.8 Å². The van der Waals surface area contributed by atoms with Crippen LogP contribution in [0.1, 0.15) is 31.7 Å². The van der Waals surface area contributed by atoms with Gasteiger partial charge in [0.25, 0.3) is 0 Å². The average Bonchev–Trinajstić information content (AvgIpc) is 2.42. The van der Waals surface area contributed by atoms with Crippen LogP contribution in [0.2, 0.25) is 0 Å². The first kappa shape index (κ1) is 16.1. The van der Waals surface area contributed by atoms with Gasteiger partial charge in [0.2, 0.25) is 0 Å². The molecule has 0 bridgehead atoms. The van der Waals surface area contributed by atoms with Crippen LogP contribution in [0.3, 0.4) is 0 Å². The molecule has 0 amide bonds. The van der Waals surface area contributed by atoms with Crippen molar-refractivity contribution < 1.29 is 4.74 Å². The topological polar surface area (TPSA) is 51.4 Å². The highest BCUT2D eigenvalue weighted by Gasteiger charge is 2.29. The second-order valence-electron chi connectivity index (χ2n) is 5.23. The van der Waals surface area contributed by atoms with E-state index in [2.05, 4.69) is 35.9 Å². The van der Waals surface area contributed by atoms with Gasteiger partial charge < -0.3 is 10.5 Å². The summed E-state index contributed by atoms with van der Waals surface area (Å²) >= 11 is 0. The van der Waals surface area contributed by atoms with Crippen molar-refractivity contribution >= 4 is 0 Å². The third-order valence-electron chi connectivity index (χ3n) is 3.73. The van der Waals surface area contributed by atoms with Gasteiger partial charge in [0.1, 0.15) is 0 Å². The number of nitrogens with two attached hydrogens (primary N) is 1. The smallest absolute Gasteiger partial charge is 0.0547 e. The van der Waals surface area contributed by atoms with E-state index in [1.807, 2.05) is 13.0 Å². The summed E-state index contributed by atoms with van der Waals surface area (Å²) in [5.41, 5.74) is 8.10. The maximum Gasteiger partial charge on any atom is 0.0547 e. The molecule has 108 valence electrons. The van der Waals surface area contributed by atoms with Gasteiger partial charge in [-0.25, -0.2) is 0 Å². The van der Waals surface area contributed by atoms with E-state index in [1.54, 1.807) is 7.11 Å². The molecule has 2 N–H and O–H groups in total. The number of aromatic nitrogens is 1. The molecule has 0 aliphatic rings. The summed E-state index contributed by atoms with van der Waals surface area (Å²) < 4.78 is 5.21. The van der Waals surface area contributed by atoms with Crippen molar-refractivity contribution in [2.24, 2.45) is 5.73 Å². The molecule has 0 fully saturated rings. The third-order valence-corrected chi connectivity index (χ3v) is 3.73. The van der Waals surface area contributed by atoms with Crippen molar-refractivity contribution in [1.29, 1.82) is 0 Å². The zero-order valence-corrected chi connectivity index (χ0v) is 12.6. The Morgan fingerprint density at radius 2 is 2.16 bits per heavy atom. The van der Waals surface area contributed by atoms with Gasteiger partial charge in [0, 0.05) is 38.0 Å². The number of pyridine rings is 1. The largest absolute Gasteiger partial charge is 0.385 e. The molecule has 1 unspecified atom stereocenters. The minimum absolute atomic E-state index is 0.0455. The van der Waals surface area contributed by atoms with E-state index in [0.717, 1.165) is 37.5 Å². The second kappa shape index (κ2) is 7.58. The first-order valence-corrected chi connectivity index (χ1v) is 6.92. The van der Waals surface area contributed by atoms with Gasteiger partial charge in [0.15, 0.2) is 0 Å². The number of aryl methyl sites for hydroxylation is 1. The molecule has 0 saturated carbocycles. The molecule has 4 nitrogen and oxygen atoms in total. The van der Waals surface area contributed by atoms with Gasteiger partial charge in [-0.05, 0) is 38.9 Å². The monoisotopic (exact) mass is 265 g/mol. The highest BCUT2D eigenvalue weighted by atomic mass is 16.5. The van der Waals surface area contributed by atoms with Crippen LogP contribution in [0, 0.1) is 6.92 Å². The van der Waals surface area contributed by atoms with Crippen molar-refractivity contribution in [1.82, 2.24) is 9.88 Å². The fraction of sp³-hybridized carbons (Fsp3) is 0.667. The first-order chi connectivity index (χ1) is 9.05. The number of hydrogen-bond acceptors (Lipinski definition) is 4. The first-order valence-electron chi connectivity index (χ1n) is 6.92. The lowest BCUT2D eigenvalue weighted by Crippen LogP contribution is -2.51. The van der Waals surface area contributed by atoms with Crippen LogP contribution >= 0.6 is 0 Å². The van der Waals surface area contributed by atoms with E-state index >= 15 is 0 Å². The summed E-state index contributed by atoms with van der Waals surface area (Å²) in [4.78, 5) is 6.96. The van der Waals surface area contributed by atoms with Crippen molar-refractivity contribution in [3.63, 3.8) is 0 Å². The van der Waals surface area contributed by atoms with Crippen LogP contribution in [0.4, 0.5) is 0 Å².